The van der Waals surface area contributed by atoms with Gasteiger partial charge in [0, 0.05) is 17.8 Å². The second-order valence-electron chi connectivity index (χ2n) is 7.20. The van der Waals surface area contributed by atoms with Crippen LogP contribution in [0.15, 0.2) is 18.3 Å². The van der Waals surface area contributed by atoms with Crippen LogP contribution in [0.4, 0.5) is 0 Å². The van der Waals surface area contributed by atoms with Crippen molar-refractivity contribution in [3.63, 3.8) is 0 Å². The topological polar surface area (TPSA) is 33.1 Å². The maximum atomic E-state index is 11.3. The molecule has 1 saturated carbocycles. The molecular weight excluding hydrogens is 246 g/mol. The van der Waals surface area contributed by atoms with Crippen LogP contribution in [-0.2, 0) is 6.42 Å². The molecule has 2 aliphatic rings. The van der Waals surface area contributed by atoms with Crippen molar-refractivity contribution in [2.75, 3.05) is 0 Å². The van der Waals surface area contributed by atoms with Gasteiger partial charge < -0.3 is 5.11 Å². The third-order valence-electron chi connectivity index (χ3n) is 5.59. The summed E-state index contributed by atoms with van der Waals surface area (Å²) >= 11 is 0. The van der Waals surface area contributed by atoms with Crippen molar-refractivity contribution in [3.05, 3.63) is 29.6 Å². The number of aliphatic hydroxyl groups is 1. The zero-order valence-electron chi connectivity index (χ0n) is 12.8. The van der Waals surface area contributed by atoms with Gasteiger partial charge in [0.15, 0.2) is 0 Å². The summed E-state index contributed by atoms with van der Waals surface area (Å²) in [5.41, 5.74) is 2.03. The Hall–Kier alpha value is -0.890. The van der Waals surface area contributed by atoms with Crippen LogP contribution in [0.2, 0.25) is 0 Å². The molecule has 20 heavy (non-hydrogen) atoms. The smallest absolute Gasteiger partial charge is 0.0733 e. The maximum absolute atomic E-state index is 11.3. The van der Waals surface area contributed by atoms with Gasteiger partial charge in [0.25, 0.3) is 0 Å². The van der Waals surface area contributed by atoms with Crippen LogP contribution in [0, 0.1) is 11.8 Å². The molecule has 0 aromatic carbocycles. The molecule has 0 amide bonds. The summed E-state index contributed by atoms with van der Waals surface area (Å²) in [6.07, 6.45) is 9.68. The Morgan fingerprint density at radius 2 is 2.15 bits per heavy atom. The van der Waals surface area contributed by atoms with Crippen LogP contribution < -0.4 is 0 Å². The first kappa shape index (κ1) is 14.1. The van der Waals surface area contributed by atoms with Crippen LogP contribution in [0.25, 0.3) is 0 Å². The molecule has 0 radical (unpaired) electrons. The number of pyridine rings is 1. The normalized spacial score (nSPS) is 34.0. The van der Waals surface area contributed by atoms with Gasteiger partial charge in [-0.3, -0.25) is 4.98 Å². The number of hydrogen-bond acceptors (Lipinski definition) is 2. The lowest BCUT2D eigenvalue weighted by Crippen LogP contribution is -2.43. The van der Waals surface area contributed by atoms with Gasteiger partial charge in [-0.2, -0.15) is 0 Å². The minimum absolute atomic E-state index is 0.258. The van der Waals surface area contributed by atoms with Crippen LogP contribution >= 0.6 is 0 Å². The number of nitrogens with zero attached hydrogens (tertiary/aromatic N) is 1. The summed E-state index contributed by atoms with van der Waals surface area (Å²) in [6.45, 7) is 4.59. The molecule has 3 atom stereocenters. The van der Waals surface area contributed by atoms with Crippen molar-refractivity contribution in [2.24, 2.45) is 11.8 Å². The van der Waals surface area contributed by atoms with E-state index in [1.165, 1.54) is 24.1 Å². The number of aromatic nitrogens is 1. The minimum atomic E-state index is -0.517. The SMILES string of the molecule is CC(C)C1CCCC(O)(C2CCCc3cccnc32)C1. The van der Waals surface area contributed by atoms with E-state index in [1.54, 1.807) is 0 Å². The number of rotatable bonds is 2. The van der Waals surface area contributed by atoms with Crippen molar-refractivity contribution in [1.82, 2.24) is 4.98 Å². The average molecular weight is 273 g/mol. The molecule has 3 unspecified atom stereocenters. The molecule has 1 N–H and O–H groups in total. The highest BCUT2D eigenvalue weighted by atomic mass is 16.3. The Kier molecular flexibility index (Phi) is 3.85. The van der Waals surface area contributed by atoms with E-state index in [2.05, 4.69) is 24.9 Å². The zero-order chi connectivity index (χ0) is 14.2. The van der Waals surface area contributed by atoms with Gasteiger partial charge >= 0.3 is 0 Å². The van der Waals surface area contributed by atoms with Gasteiger partial charge in [-0.1, -0.05) is 26.3 Å². The van der Waals surface area contributed by atoms with Gasteiger partial charge in [-0.15, -0.1) is 0 Å². The quantitative estimate of drug-likeness (QED) is 0.880. The lowest BCUT2D eigenvalue weighted by molar-refractivity contribution is -0.0518. The van der Waals surface area contributed by atoms with Gasteiger partial charge in [-0.05, 0) is 62.0 Å². The number of aryl methyl sites for hydroxylation is 1. The van der Waals surface area contributed by atoms with Crippen molar-refractivity contribution >= 4 is 0 Å². The van der Waals surface area contributed by atoms with Crippen molar-refractivity contribution in [1.29, 1.82) is 0 Å². The van der Waals surface area contributed by atoms with Crippen molar-refractivity contribution in [3.8, 4) is 0 Å². The molecule has 2 aliphatic carbocycles. The Balaban J connectivity index is 1.88. The molecule has 3 rings (SSSR count). The van der Waals surface area contributed by atoms with Crippen LogP contribution in [0.1, 0.15) is 69.5 Å². The first-order valence-electron chi connectivity index (χ1n) is 8.26. The molecule has 1 aromatic rings. The summed E-state index contributed by atoms with van der Waals surface area (Å²) in [6, 6.07) is 4.23. The van der Waals surface area contributed by atoms with E-state index < -0.39 is 5.60 Å². The van der Waals surface area contributed by atoms with E-state index in [4.69, 9.17) is 0 Å². The van der Waals surface area contributed by atoms with Gasteiger partial charge in [-0.25, -0.2) is 0 Å². The summed E-state index contributed by atoms with van der Waals surface area (Å²) in [7, 11) is 0. The largest absolute Gasteiger partial charge is 0.389 e. The average Bonchev–Trinajstić information content (AvgIpc) is 2.46. The highest BCUT2D eigenvalue weighted by Crippen LogP contribution is 2.47. The first-order valence-corrected chi connectivity index (χ1v) is 8.26. The second kappa shape index (κ2) is 5.48. The molecule has 0 spiro atoms. The van der Waals surface area contributed by atoms with Gasteiger partial charge in [0.2, 0.25) is 0 Å². The first-order chi connectivity index (χ1) is 9.60. The van der Waals surface area contributed by atoms with Crippen LogP contribution in [0.3, 0.4) is 0 Å². The predicted molar refractivity (Wildman–Crippen MR) is 81.7 cm³/mol. The fraction of sp³-hybridized carbons (Fsp3) is 0.722. The van der Waals surface area contributed by atoms with E-state index in [-0.39, 0.29) is 5.92 Å². The van der Waals surface area contributed by atoms with Gasteiger partial charge in [0.1, 0.15) is 0 Å². The standard InChI is InChI=1S/C18H27NO/c1-13(2)15-7-4-10-18(20,12-15)16-9-3-6-14-8-5-11-19-17(14)16/h5,8,11,13,15-16,20H,3-4,6-7,9-10,12H2,1-2H3. The van der Waals surface area contributed by atoms with E-state index in [0.717, 1.165) is 32.1 Å². The van der Waals surface area contributed by atoms with E-state index >= 15 is 0 Å². The summed E-state index contributed by atoms with van der Waals surface area (Å²) in [5, 5.41) is 11.3. The predicted octanol–water partition coefficient (Wildman–Crippen LogP) is 4.08. The zero-order valence-corrected chi connectivity index (χ0v) is 12.8. The maximum Gasteiger partial charge on any atom is 0.0733 e. The van der Waals surface area contributed by atoms with E-state index in [0.29, 0.717) is 11.8 Å². The molecule has 0 bridgehead atoms. The van der Waals surface area contributed by atoms with E-state index in [9.17, 15) is 5.11 Å². The molecule has 0 aliphatic heterocycles. The second-order valence-corrected chi connectivity index (χ2v) is 7.20. The Morgan fingerprint density at radius 1 is 1.30 bits per heavy atom. The van der Waals surface area contributed by atoms with E-state index in [1.807, 2.05) is 12.3 Å². The molecule has 2 heteroatoms. The highest BCUT2D eigenvalue weighted by molar-refractivity contribution is 5.29. The molecule has 2 nitrogen and oxygen atoms in total. The van der Waals surface area contributed by atoms with Crippen molar-refractivity contribution < 1.29 is 5.11 Å². The Labute approximate surface area is 122 Å². The minimum Gasteiger partial charge on any atom is -0.389 e. The molecule has 1 aromatic heterocycles. The lowest BCUT2D eigenvalue weighted by atomic mass is 9.65. The van der Waals surface area contributed by atoms with Crippen molar-refractivity contribution in [2.45, 2.75) is 70.3 Å². The summed E-state index contributed by atoms with van der Waals surface area (Å²) in [4.78, 5) is 4.63. The monoisotopic (exact) mass is 273 g/mol. The third kappa shape index (κ3) is 2.50. The highest BCUT2D eigenvalue weighted by Gasteiger charge is 2.44. The fourth-order valence-corrected chi connectivity index (χ4v) is 4.35. The van der Waals surface area contributed by atoms with Crippen LogP contribution in [-0.4, -0.2) is 15.7 Å². The fourth-order valence-electron chi connectivity index (χ4n) is 4.35. The van der Waals surface area contributed by atoms with Crippen LogP contribution in [0.5, 0.6) is 0 Å². The van der Waals surface area contributed by atoms with Gasteiger partial charge in [0.05, 0.1) is 5.60 Å². The molecular formula is C18H27NO. The summed E-state index contributed by atoms with van der Waals surface area (Å²) < 4.78 is 0. The number of fused-ring (bicyclic) bond motifs is 1. The Bertz CT molecular complexity index is 470. The number of hydrogen-bond donors (Lipinski definition) is 1. The molecule has 110 valence electrons. The molecule has 1 fully saturated rings. The summed E-state index contributed by atoms with van der Waals surface area (Å²) in [5.74, 6) is 1.60. The third-order valence-corrected chi connectivity index (χ3v) is 5.59. The lowest BCUT2D eigenvalue weighted by Gasteiger charge is -2.45. The molecule has 0 saturated heterocycles. The Morgan fingerprint density at radius 3 is 2.95 bits per heavy atom. The molecule has 1 heterocycles.